The van der Waals surface area contributed by atoms with Crippen LogP contribution in [0.2, 0.25) is 0 Å². The minimum Gasteiger partial charge on any atom is -0.302 e. The zero-order valence-corrected chi connectivity index (χ0v) is 11.1. The van der Waals surface area contributed by atoms with Crippen LogP contribution in [0.1, 0.15) is 11.3 Å². The maximum absolute atomic E-state index is 11.8. The van der Waals surface area contributed by atoms with E-state index in [1.807, 2.05) is 0 Å². The minimum absolute atomic E-state index is 0.0538. The summed E-state index contributed by atoms with van der Waals surface area (Å²) in [5.41, 5.74) is 0.326. The highest BCUT2D eigenvalue weighted by atomic mass is 16.6. The van der Waals surface area contributed by atoms with E-state index in [2.05, 4.69) is 0 Å². The van der Waals surface area contributed by atoms with Crippen molar-refractivity contribution in [2.45, 2.75) is 13.5 Å². The first-order valence-corrected chi connectivity index (χ1v) is 5.98. The van der Waals surface area contributed by atoms with E-state index < -0.39 is 9.85 Å². The third kappa shape index (κ3) is 2.94. The molecule has 0 atom stereocenters. The van der Waals surface area contributed by atoms with Gasteiger partial charge in [0.05, 0.1) is 22.1 Å². The summed E-state index contributed by atoms with van der Waals surface area (Å²) in [5.74, 6) is 0. The zero-order chi connectivity index (χ0) is 15.6. The number of non-ortho nitro benzene ring substituents is 1. The Morgan fingerprint density at radius 2 is 1.62 bits per heavy atom. The fraction of sp³-hybridized carbons (Fsp3) is 0.154. The maximum atomic E-state index is 11.8. The Balaban J connectivity index is 2.39. The molecule has 0 aliphatic carbocycles. The lowest BCUT2D eigenvalue weighted by molar-refractivity contribution is -0.386. The minimum atomic E-state index is -0.554. The van der Waals surface area contributed by atoms with Gasteiger partial charge < -0.3 is 4.57 Å². The molecule has 8 nitrogen and oxygen atoms in total. The molecule has 0 saturated heterocycles. The summed E-state index contributed by atoms with van der Waals surface area (Å²) in [7, 11) is 0. The van der Waals surface area contributed by atoms with Gasteiger partial charge in [0.2, 0.25) is 0 Å². The molecule has 0 N–H and O–H groups in total. The molecule has 0 aliphatic heterocycles. The first-order chi connectivity index (χ1) is 9.90. The quantitative estimate of drug-likeness (QED) is 0.632. The second-order valence-corrected chi connectivity index (χ2v) is 4.41. The van der Waals surface area contributed by atoms with E-state index in [0.717, 1.165) is 6.07 Å². The number of rotatable bonds is 4. The first-order valence-electron chi connectivity index (χ1n) is 5.98. The standard InChI is InChI=1S/C13H11N3O5/c1-9-12(16(20)21)6-7-13(17)14(9)8-10-2-4-11(5-3-10)15(18)19/h2-7H,8H2,1H3. The van der Waals surface area contributed by atoms with E-state index in [0.29, 0.717) is 5.56 Å². The first kappa shape index (κ1) is 14.4. The van der Waals surface area contributed by atoms with Gasteiger partial charge >= 0.3 is 0 Å². The predicted octanol–water partition coefficient (Wildman–Crippen LogP) is 2.02. The molecule has 1 aromatic heterocycles. The summed E-state index contributed by atoms with van der Waals surface area (Å²) < 4.78 is 1.26. The van der Waals surface area contributed by atoms with Crippen molar-refractivity contribution in [3.63, 3.8) is 0 Å². The van der Waals surface area contributed by atoms with Gasteiger partial charge in [-0.15, -0.1) is 0 Å². The molecule has 0 aliphatic rings. The fourth-order valence-electron chi connectivity index (χ4n) is 1.96. The number of hydrogen-bond donors (Lipinski definition) is 0. The molecule has 2 rings (SSSR count). The third-order valence-electron chi connectivity index (χ3n) is 3.11. The lowest BCUT2D eigenvalue weighted by atomic mass is 10.2. The molecule has 108 valence electrons. The van der Waals surface area contributed by atoms with Crippen LogP contribution >= 0.6 is 0 Å². The Kier molecular flexibility index (Phi) is 3.79. The van der Waals surface area contributed by atoms with Gasteiger partial charge in [0.15, 0.2) is 0 Å². The van der Waals surface area contributed by atoms with E-state index in [-0.39, 0.29) is 29.2 Å². The summed E-state index contributed by atoms with van der Waals surface area (Å²) in [4.78, 5) is 32.2. The fourth-order valence-corrected chi connectivity index (χ4v) is 1.96. The van der Waals surface area contributed by atoms with Crippen molar-refractivity contribution in [2.24, 2.45) is 0 Å². The van der Waals surface area contributed by atoms with Gasteiger partial charge in [-0.3, -0.25) is 25.0 Å². The molecule has 1 aromatic carbocycles. The molecule has 2 aromatic rings. The van der Waals surface area contributed by atoms with E-state index in [1.165, 1.54) is 41.8 Å². The van der Waals surface area contributed by atoms with Crippen LogP contribution in [0.5, 0.6) is 0 Å². The number of nitro groups is 2. The molecular formula is C13H11N3O5. The Bertz CT molecular complexity index is 764. The zero-order valence-electron chi connectivity index (χ0n) is 11.1. The summed E-state index contributed by atoms with van der Waals surface area (Å²) in [5, 5.41) is 21.4. The molecule has 0 saturated carbocycles. The van der Waals surface area contributed by atoms with Crippen molar-refractivity contribution in [2.75, 3.05) is 0 Å². The number of hydrogen-bond acceptors (Lipinski definition) is 5. The highest BCUT2D eigenvalue weighted by Crippen LogP contribution is 2.17. The Morgan fingerprint density at radius 3 is 2.14 bits per heavy atom. The summed E-state index contributed by atoms with van der Waals surface area (Å²) >= 11 is 0. The van der Waals surface area contributed by atoms with Gasteiger partial charge in [-0.2, -0.15) is 0 Å². The number of benzene rings is 1. The normalized spacial score (nSPS) is 10.3. The number of pyridine rings is 1. The number of aromatic nitrogens is 1. The van der Waals surface area contributed by atoms with Crippen molar-refractivity contribution in [1.82, 2.24) is 4.57 Å². The molecule has 0 radical (unpaired) electrons. The third-order valence-corrected chi connectivity index (χ3v) is 3.11. The predicted molar refractivity (Wildman–Crippen MR) is 74.3 cm³/mol. The Morgan fingerprint density at radius 1 is 1.00 bits per heavy atom. The molecule has 0 unspecified atom stereocenters. The lowest BCUT2D eigenvalue weighted by Crippen LogP contribution is -2.22. The van der Waals surface area contributed by atoms with Crippen LogP contribution in [0.3, 0.4) is 0 Å². The molecule has 0 bridgehead atoms. The molecule has 0 spiro atoms. The van der Waals surface area contributed by atoms with Crippen molar-refractivity contribution in [3.05, 3.63) is 78.2 Å². The topological polar surface area (TPSA) is 108 Å². The largest absolute Gasteiger partial charge is 0.302 e. The lowest BCUT2D eigenvalue weighted by Gasteiger charge is -2.09. The van der Waals surface area contributed by atoms with Crippen LogP contribution in [0.15, 0.2) is 41.2 Å². The highest BCUT2D eigenvalue weighted by Gasteiger charge is 2.15. The molecule has 8 heteroatoms. The van der Waals surface area contributed by atoms with Gasteiger partial charge in [-0.1, -0.05) is 12.1 Å². The average molecular weight is 289 g/mol. The molecular weight excluding hydrogens is 278 g/mol. The van der Waals surface area contributed by atoms with Crippen LogP contribution in [-0.4, -0.2) is 14.4 Å². The second kappa shape index (κ2) is 5.53. The van der Waals surface area contributed by atoms with Gasteiger partial charge in [0.25, 0.3) is 16.9 Å². The summed E-state index contributed by atoms with van der Waals surface area (Å²) in [6.45, 7) is 1.61. The average Bonchev–Trinajstić information content (AvgIpc) is 2.43. The number of nitrogens with zero attached hydrogens (tertiary/aromatic N) is 3. The van der Waals surface area contributed by atoms with Crippen LogP contribution < -0.4 is 5.56 Å². The number of nitro benzene ring substituents is 1. The van der Waals surface area contributed by atoms with Gasteiger partial charge in [0.1, 0.15) is 0 Å². The highest BCUT2D eigenvalue weighted by molar-refractivity contribution is 5.36. The van der Waals surface area contributed by atoms with Crippen molar-refractivity contribution in [1.29, 1.82) is 0 Å². The van der Waals surface area contributed by atoms with Crippen molar-refractivity contribution < 1.29 is 9.85 Å². The second-order valence-electron chi connectivity index (χ2n) is 4.41. The van der Waals surface area contributed by atoms with E-state index >= 15 is 0 Å². The van der Waals surface area contributed by atoms with Gasteiger partial charge in [-0.05, 0) is 12.5 Å². The maximum Gasteiger partial charge on any atom is 0.288 e. The molecule has 21 heavy (non-hydrogen) atoms. The van der Waals surface area contributed by atoms with E-state index in [9.17, 15) is 25.0 Å². The molecule has 0 amide bonds. The molecule has 0 fully saturated rings. The van der Waals surface area contributed by atoms with Crippen molar-refractivity contribution in [3.8, 4) is 0 Å². The van der Waals surface area contributed by atoms with Crippen molar-refractivity contribution >= 4 is 11.4 Å². The van der Waals surface area contributed by atoms with Crippen LogP contribution in [0.25, 0.3) is 0 Å². The summed E-state index contributed by atoms with van der Waals surface area (Å²) in [6, 6.07) is 7.99. The molecule has 1 heterocycles. The van der Waals surface area contributed by atoms with Gasteiger partial charge in [0, 0.05) is 24.3 Å². The van der Waals surface area contributed by atoms with Crippen LogP contribution in [0, 0.1) is 27.2 Å². The smallest absolute Gasteiger partial charge is 0.288 e. The van der Waals surface area contributed by atoms with Gasteiger partial charge in [-0.25, -0.2) is 0 Å². The Labute approximate surface area is 118 Å². The monoisotopic (exact) mass is 289 g/mol. The van der Waals surface area contributed by atoms with E-state index in [4.69, 9.17) is 0 Å². The van der Waals surface area contributed by atoms with E-state index in [1.54, 1.807) is 0 Å². The SMILES string of the molecule is Cc1c([N+](=O)[O-])ccc(=O)n1Cc1ccc([N+](=O)[O-])cc1. The Hall–Kier alpha value is -3.03. The van der Waals surface area contributed by atoms with Crippen LogP contribution in [0.4, 0.5) is 11.4 Å². The summed E-state index contributed by atoms with van der Waals surface area (Å²) in [6.07, 6.45) is 0. The van der Waals surface area contributed by atoms with Crippen LogP contribution in [-0.2, 0) is 6.54 Å².